The van der Waals surface area contributed by atoms with Gasteiger partial charge >= 0.3 is 5.97 Å². The van der Waals surface area contributed by atoms with E-state index in [4.69, 9.17) is 18.6 Å². The average Bonchev–Trinajstić information content (AvgIpc) is 2.86. The normalized spacial score (nSPS) is 11.2. The van der Waals surface area contributed by atoms with Crippen LogP contribution in [-0.2, 0) is 4.79 Å². The van der Waals surface area contributed by atoms with Gasteiger partial charge in [-0.1, -0.05) is 50.2 Å². The molecule has 178 valence electrons. The van der Waals surface area contributed by atoms with Gasteiger partial charge in [0.05, 0.1) is 12.0 Å². The number of carbonyl (C=O) groups is 1. The fraction of sp³-hybridized carbons (Fsp3) is 0.172. The topological polar surface area (TPSA) is 75.0 Å². The van der Waals surface area contributed by atoms with Crippen molar-refractivity contribution < 1.29 is 23.4 Å². The molecule has 0 aliphatic carbocycles. The predicted molar refractivity (Wildman–Crippen MR) is 135 cm³/mol. The predicted octanol–water partition coefficient (Wildman–Crippen LogP) is 6.73. The SMILES string of the molecule is CCOc1ccccc1Oc1coc2cc(OC(=O)/C=C/c3ccc(C(C)C)cc3)ccc2c1=O. The van der Waals surface area contributed by atoms with Crippen LogP contribution in [0.4, 0.5) is 0 Å². The molecule has 1 aromatic heterocycles. The number of esters is 1. The Balaban J connectivity index is 1.48. The van der Waals surface area contributed by atoms with Gasteiger partial charge in [-0.2, -0.15) is 0 Å². The van der Waals surface area contributed by atoms with E-state index in [0.29, 0.717) is 29.4 Å². The van der Waals surface area contributed by atoms with Crippen LogP contribution in [0.3, 0.4) is 0 Å². The maximum atomic E-state index is 12.9. The molecule has 0 bridgehead atoms. The van der Waals surface area contributed by atoms with E-state index in [0.717, 1.165) is 5.56 Å². The van der Waals surface area contributed by atoms with Gasteiger partial charge in [0.1, 0.15) is 17.6 Å². The summed E-state index contributed by atoms with van der Waals surface area (Å²) in [6.45, 7) is 6.59. The van der Waals surface area contributed by atoms with Gasteiger partial charge in [0.15, 0.2) is 11.5 Å². The molecular formula is C29H26O6. The molecule has 35 heavy (non-hydrogen) atoms. The minimum atomic E-state index is -0.535. The zero-order valence-electron chi connectivity index (χ0n) is 19.8. The minimum absolute atomic E-state index is 0.0285. The van der Waals surface area contributed by atoms with Crippen LogP contribution < -0.4 is 19.6 Å². The number of hydrogen-bond acceptors (Lipinski definition) is 6. The Morgan fingerprint density at radius 2 is 1.71 bits per heavy atom. The number of ether oxygens (including phenoxy) is 3. The lowest BCUT2D eigenvalue weighted by Gasteiger charge is -2.11. The van der Waals surface area contributed by atoms with Crippen molar-refractivity contribution >= 4 is 23.0 Å². The van der Waals surface area contributed by atoms with Crippen LogP contribution in [-0.4, -0.2) is 12.6 Å². The van der Waals surface area contributed by atoms with Crippen LogP contribution in [0.1, 0.15) is 37.8 Å². The molecule has 0 atom stereocenters. The van der Waals surface area contributed by atoms with Gasteiger partial charge < -0.3 is 18.6 Å². The zero-order valence-corrected chi connectivity index (χ0v) is 19.8. The third-order valence-electron chi connectivity index (χ3n) is 5.32. The van der Waals surface area contributed by atoms with Crippen molar-refractivity contribution in [1.29, 1.82) is 0 Å². The summed E-state index contributed by atoms with van der Waals surface area (Å²) in [5, 5.41) is 0.303. The highest BCUT2D eigenvalue weighted by Gasteiger charge is 2.13. The van der Waals surface area contributed by atoms with Crippen LogP contribution in [0.5, 0.6) is 23.0 Å². The Morgan fingerprint density at radius 1 is 0.971 bits per heavy atom. The van der Waals surface area contributed by atoms with Gasteiger partial charge in [0, 0.05) is 12.1 Å². The summed E-state index contributed by atoms with van der Waals surface area (Å²) in [7, 11) is 0. The monoisotopic (exact) mass is 470 g/mol. The molecule has 0 aliphatic rings. The Kier molecular flexibility index (Phi) is 7.31. The van der Waals surface area contributed by atoms with E-state index >= 15 is 0 Å². The zero-order chi connectivity index (χ0) is 24.8. The lowest BCUT2D eigenvalue weighted by atomic mass is 10.0. The second-order valence-corrected chi connectivity index (χ2v) is 8.14. The second kappa shape index (κ2) is 10.7. The number of fused-ring (bicyclic) bond motifs is 1. The van der Waals surface area contributed by atoms with Crippen LogP contribution in [0.2, 0.25) is 0 Å². The number of carbonyl (C=O) groups excluding carboxylic acids is 1. The number of hydrogen-bond donors (Lipinski definition) is 0. The van der Waals surface area contributed by atoms with Crippen LogP contribution >= 0.6 is 0 Å². The van der Waals surface area contributed by atoms with E-state index in [2.05, 4.69) is 13.8 Å². The maximum absolute atomic E-state index is 12.9. The van der Waals surface area contributed by atoms with Gasteiger partial charge in [-0.05, 0) is 54.3 Å². The fourth-order valence-electron chi connectivity index (χ4n) is 3.46. The molecule has 6 nitrogen and oxygen atoms in total. The Labute approximate surface area is 203 Å². The molecule has 0 radical (unpaired) electrons. The molecule has 0 saturated heterocycles. The molecule has 0 fully saturated rings. The molecular weight excluding hydrogens is 444 g/mol. The van der Waals surface area contributed by atoms with Gasteiger partial charge in [-0.25, -0.2) is 4.79 Å². The first kappa shape index (κ1) is 23.8. The molecule has 3 aromatic carbocycles. The number of rotatable bonds is 8. The number of benzene rings is 3. The molecule has 0 amide bonds. The third-order valence-corrected chi connectivity index (χ3v) is 5.32. The Hall–Kier alpha value is -4.32. The maximum Gasteiger partial charge on any atom is 0.336 e. The highest BCUT2D eigenvalue weighted by Crippen LogP contribution is 2.31. The van der Waals surface area contributed by atoms with Gasteiger partial charge in [0.25, 0.3) is 0 Å². The fourth-order valence-corrected chi connectivity index (χ4v) is 3.46. The smallest absolute Gasteiger partial charge is 0.336 e. The van der Waals surface area contributed by atoms with Crippen LogP contribution in [0.25, 0.3) is 17.0 Å². The lowest BCUT2D eigenvalue weighted by Crippen LogP contribution is -2.07. The molecule has 4 rings (SSSR count). The summed E-state index contributed by atoms with van der Waals surface area (Å²) >= 11 is 0. The molecule has 0 N–H and O–H groups in total. The molecule has 1 heterocycles. The minimum Gasteiger partial charge on any atom is -0.490 e. The molecule has 6 heteroatoms. The first-order valence-electron chi connectivity index (χ1n) is 11.4. The number of para-hydroxylation sites is 2. The summed E-state index contributed by atoms with van der Waals surface area (Å²) in [5.41, 5.74) is 2.06. The largest absolute Gasteiger partial charge is 0.490 e. The summed E-state index contributed by atoms with van der Waals surface area (Å²) in [5.74, 6) is 1.14. The molecule has 0 saturated carbocycles. The van der Waals surface area contributed by atoms with E-state index in [1.54, 1.807) is 36.4 Å². The van der Waals surface area contributed by atoms with Gasteiger partial charge in [-0.15, -0.1) is 0 Å². The van der Waals surface area contributed by atoms with Crippen molar-refractivity contribution in [1.82, 2.24) is 0 Å². The Morgan fingerprint density at radius 3 is 2.43 bits per heavy atom. The lowest BCUT2D eigenvalue weighted by molar-refractivity contribution is -0.128. The van der Waals surface area contributed by atoms with Gasteiger partial charge in [-0.3, -0.25) is 4.79 Å². The average molecular weight is 471 g/mol. The first-order chi connectivity index (χ1) is 16.9. The van der Waals surface area contributed by atoms with E-state index in [-0.39, 0.29) is 22.5 Å². The van der Waals surface area contributed by atoms with E-state index in [1.807, 2.05) is 37.3 Å². The van der Waals surface area contributed by atoms with E-state index < -0.39 is 5.97 Å². The first-order valence-corrected chi connectivity index (χ1v) is 11.4. The van der Waals surface area contributed by atoms with E-state index in [1.165, 1.54) is 24.0 Å². The molecule has 0 aliphatic heterocycles. The second-order valence-electron chi connectivity index (χ2n) is 8.14. The van der Waals surface area contributed by atoms with Gasteiger partial charge in [0.2, 0.25) is 11.2 Å². The summed E-state index contributed by atoms with van der Waals surface area (Å²) in [6.07, 6.45) is 4.29. The molecule has 0 unspecified atom stereocenters. The highest BCUT2D eigenvalue weighted by atomic mass is 16.5. The summed E-state index contributed by atoms with van der Waals surface area (Å²) < 4.78 is 22.3. The quantitative estimate of drug-likeness (QED) is 0.162. The Bertz CT molecular complexity index is 1410. The van der Waals surface area contributed by atoms with Crippen molar-refractivity contribution in [3.05, 3.63) is 100 Å². The van der Waals surface area contributed by atoms with Crippen molar-refractivity contribution in [2.24, 2.45) is 0 Å². The van der Waals surface area contributed by atoms with Crippen molar-refractivity contribution in [2.75, 3.05) is 6.61 Å². The van der Waals surface area contributed by atoms with Crippen molar-refractivity contribution in [3.63, 3.8) is 0 Å². The summed E-state index contributed by atoms with van der Waals surface area (Å²) in [4.78, 5) is 25.2. The summed E-state index contributed by atoms with van der Waals surface area (Å²) in [6, 6.07) is 19.6. The van der Waals surface area contributed by atoms with Crippen molar-refractivity contribution in [2.45, 2.75) is 26.7 Å². The molecule has 0 spiro atoms. The van der Waals surface area contributed by atoms with E-state index in [9.17, 15) is 9.59 Å². The van der Waals surface area contributed by atoms with Crippen molar-refractivity contribution in [3.8, 4) is 23.0 Å². The molecule has 4 aromatic rings. The van der Waals surface area contributed by atoms with Crippen LogP contribution in [0, 0.1) is 0 Å². The third kappa shape index (κ3) is 5.79. The van der Waals surface area contributed by atoms with Crippen LogP contribution in [0.15, 0.2) is 88.3 Å². The standard InChI is InChI=1S/C29H26O6/c1-4-32-24-7-5-6-8-25(24)35-27-18-33-26-17-22(14-15-23(26)29(27)31)34-28(30)16-11-20-9-12-21(13-10-20)19(2)3/h5-19H,4H2,1-3H3/b16-11+. The highest BCUT2D eigenvalue weighted by molar-refractivity contribution is 5.89.